The fraction of sp³-hybridized carbons (Fsp3) is 0.667. The van der Waals surface area contributed by atoms with Gasteiger partial charge in [0.2, 0.25) is 41.4 Å². The first-order chi connectivity index (χ1) is 28.7. The predicted octanol–water partition coefficient (Wildman–Crippen LogP) is -1.23. The summed E-state index contributed by atoms with van der Waals surface area (Å²) in [5, 5.41) is 37.1. The summed E-state index contributed by atoms with van der Waals surface area (Å²) in [4.78, 5) is 106. The lowest BCUT2D eigenvalue weighted by molar-refractivity contribution is -0.147. The molecule has 0 radical (unpaired) electrons. The summed E-state index contributed by atoms with van der Waals surface area (Å²) in [5.41, 5.74) is 6.24. The largest absolute Gasteiger partial charge is 0.467 e. The van der Waals surface area contributed by atoms with Crippen molar-refractivity contribution in [2.24, 2.45) is 23.5 Å². The lowest BCUT2D eigenvalue weighted by atomic mass is 9.96. The summed E-state index contributed by atoms with van der Waals surface area (Å²) < 4.78 is 4.87. The van der Waals surface area contributed by atoms with Crippen LogP contribution in [0.15, 0.2) is 30.3 Å². The highest BCUT2D eigenvalue weighted by atomic mass is 16.5. The summed E-state index contributed by atoms with van der Waals surface area (Å²) in [5.74, 6) is -6.32. The fourth-order valence-corrected chi connectivity index (χ4v) is 7.06. The second-order valence-electron chi connectivity index (χ2n) is 16.5. The molecule has 7 amide bonds. The lowest BCUT2D eigenvalue weighted by Crippen LogP contribution is -2.60. The van der Waals surface area contributed by atoms with E-state index >= 15 is 0 Å². The molecule has 2 unspecified atom stereocenters. The average Bonchev–Trinajstić information content (AvgIpc) is 3.67. The van der Waals surface area contributed by atoms with Crippen molar-refractivity contribution in [1.82, 2.24) is 36.8 Å². The molecule has 2 rings (SSSR count). The Morgan fingerprint density at radius 1 is 0.820 bits per heavy atom. The third-order valence-corrected chi connectivity index (χ3v) is 10.6. The van der Waals surface area contributed by atoms with Crippen molar-refractivity contribution in [2.45, 2.75) is 135 Å². The third kappa shape index (κ3) is 17.0. The molecular formula is C42H68N8O11. The van der Waals surface area contributed by atoms with Crippen LogP contribution in [0.1, 0.15) is 86.1 Å². The van der Waals surface area contributed by atoms with Crippen LogP contribution >= 0.6 is 0 Å². The van der Waals surface area contributed by atoms with Crippen LogP contribution in [0, 0.1) is 17.8 Å². The fourth-order valence-electron chi connectivity index (χ4n) is 7.06. The molecule has 10 N–H and O–H groups in total. The monoisotopic (exact) mass is 861 g/mol. The molecule has 1 aromatic carbocycles. The van der Waals surface area contributed by atoms with E-state index in [4.69, 9.17) is 10.5 Å². The highest BCUT2D eigenvalue weighted by molar-refractivity contribution is 5.96. The zero-order valence-electron chi connectivity index (χ0n) is 36.7. The Kier molecular flexibility index (Phi) is 21.8. The summed E-state index contributed by atoms with van der Waals surface area (Å²) in [6, 6.07) is 1.20. The number of β-amino-alcohol motifs (C(OH)–C–C–N with tert-alkyl or cyclic N) is 1. The van der Waals surface area contributed by atoms with Crippen molar-refractivity contribution in [1.29, 1.82) is 0 Å². The van der Waals surface area contributed by atoms with Gasteiger partial charge in [0, 0.05) is 13.5 Å². The van der Waals surface area contributed by atoms with Gasteiger partial charge in [-0.05, 0) is 55.5 Å². The number of ether oxygens (including phenoxy) is 1. The van der Waals surface area contributed by atoms with Gasteiger partial charge >= 0.3 is 5.97 Å². The molecule has 19 heteroatoms. The summed E-state index contributed by atoms with van der Waals surface area (Å²) >= 11 is 0. The van der Waals surface area contributed by atoms with E-state index in [1.807, 2.05) is 13.8 Å². The number of nitrogens with zero attached hydrogens (tertiary/aromatic N) is 1. The number of hydrogen-bond donors (Lipinski definition) is 9. The molecule has 9 atom stereocenters. The number of likely N-dealkylation sites (tertiary alicyclic amines) is 1. The number of nitrogens with one attached hydrogen (secondary N) is 6. The van der Waals surface area contributed by atoms with Crippen LogP contribution in [0.5, 0.6) is 0 Å². The SMILES string of the molecule is CC[C@H](C)[C@H](NC(=O)[C@@H]1CCCN1CC(O)C(Cc1ccccc1)NC(=O)[C@H](CC(N)=O)NC(=O)[C@H](CC(C)C)NC(=O)[C@H](CO)NC(C)=O)C(=O)N[C@H](C(=O)OC)C(C)C. The number of benzene rings is 1. The van der Waals surface area contributed by atoms with Gasteiger partial charge in [-0.15, -0.1) is 0 Å². The molecule has 0 aromatic heterocycles. The van der Waals surface area contributed by atoms with Crippen molar-refractivity contribution < 1.29 is 53.3 Å². The van der Waals surface area contributed by atoms with Crippen LogP contribution < -0.4 is 37.6 Å². The summed E-state index contributed by atoms with van der Waals surface area (Å²) in [7, 11) is 1.23. The highest BCUT2D eigenvalue weighted by Gasteiger charge is 2.39. The van der Waals surface area contributed by atoms with Crippen molar-refractivity contribution in [3.8, 4) is 0 Å². The Hall–Kier alpha value is -5.14. The third-order valence-electron chi connectivity index (χ3n) is 10.6. The zero-order chi connectivity index (χ0) is 46.0. The lowest BCUT2D eigenvalue weighted by Gasteiger charge is -2.33. The van der Waals surface area contributed by atoms with Crippen molar-refractivity contribution in [3.05, 3.63) is 35.9 Å². The van der Waals surface area contributed by atoms with Gasteiger partial charge in [0.05, 0.1) is 38.3 Å². The average molecular weight is 861 g/mol. The molecular weight excluding hydrogens is 793 g/mol. The number of aliphatic hydroxyl groups excluding tert-OH is 2. The topological polar surface area (TPSA) is 288 Å². The number of carbonyl (C=O) groups excluding carboxylic acids is 8. The first-order valence-corrected chi connectivity index (χ1v) is 20.9. The van der Waals surface area contributed by atoms with Gasteiger partial charge in [0.15, 0.2) is 0 Å². The van der Waals surface area contributed by atoms with E-state index in [-0.39, 0.29) is 37.1 Å². The molecule has 1 saturated heterocycles. The van der Waals surface area contributed by atoms with Gasteiger partial charge in [-0.2, -0.15) is 0 Å². The Morgan fingerprint density at radius 3 is 1.97 bits per heavy atom. The molecule has 342 valence electrons. The first-order valence-electron chi connectivity index (χ1n) is 20.9. The number of primary amides is 1. The van der Waals surface area contributed by atoms with Gasteiger partial charge in [-0.3, -0.25) is 38.5 Å². The molecule has 61 heavy (non-hydrogen) atoms. The second-order valence-corrected chi connectivity index (χ2v) is 16.5. The molecule has 1 heterocycles. The van der Waals surface area contributed by atoms with Crippen LogP contribution in [-0.4, -0.2) is 138 Å². The maximum Gasteiger partial charge on any atom is 0.328 e. The first kappa shape index (κ1) is 52.0. The standard InChI is InChI=1S/C42H68N8O11/c1-9-25(6)36(41(59)48-35(24(4)5)42(60)61-8)49-40(58)32-16-13-17-50(32)21-33(53)28(19-27-14-11-10-12-15-27)45-38(56)30(20-34(43)54)47-37(55)29(18-23(2)3)46-39(57)31(22-51)44-26(7)52/h10-12,14-15,23-25,28-33,35-36,51,53H,9,13,16-22H2,1-8H3,(H2,43,54)(H,44,52)(H,45,56)(H,46,57)(H,47,55)(H,48,59)(H,49,58)/t25-,28?,29-,30-,31-,32-,33?,35-,36-/m0/s1. The number of nitrogens with two attached hydrogens (primary N) is 1. The van der Waals surface area contributed by atoms with E-state index in [1.165, 1.54) is 7.11 Å². The smallest absolute Gasteiger partial charge is 0.328 e. The number of aliphatic hydroxyl groups is 2. The molecule has 1 aliphatic heterocycles. The number of amides is 7. The van der Waals surface area contributed by atoms with Gasteiger partial charge in [-0.1, -0.05) is 78.3 Å². The van der Waals surface area contributed by atoms with E-state index in [9.17, 15) is 48.6 Å². The number of methoxy groups -OCH3 is 1. The Morgan fingerprint density at radius 2 is 1.43 bits per heavy atom. The number of esters is 1. The van der Waals surface area contributed by atoms with Crippen molar-refractivity contribution >= 4 is 47.3 Å². The van der Waals surface area contributed by atoms with Crippen LogP contribution in [0.25, 0.3) is 0 Å². The van der Waals surface area contributed by atoms with Gasteiger partial charge in [-0.25, -0.2) is 4.79 Å². The Bertz CT molecular complexity index is 1650. The van der Waals surface area contributed by atoms with Gasteiger partial charge in [0.25, 0.3) is 0 Å². The van der Waals surface area contributed by atoms with E-state index in [0.717, 1.165) is 12.5 Å². The maximum absolute atomic E-state index is 14.0. The van der Waals surface area contributed by atoms with E-state index in [1.54, 1.807) is 62.9 Å². The molecule has 1 aromatic rings. The number of hydrogen-bond acceptors (Lipinski definition) is 12. The molecule has 19 nitrogen and oxygen atoms in total. The summed E-state index contributed by atoms with van der Waals surface area (Å²) in [6.45, 7) is 11.6. The van der Waals surface area contributed by atoms with Crippen LogP contribution in [-0.2, 0) is 49.5 Å². The molecule has 1 aliphatic rings. The van der Waals surface area contributed by atoms with E-state index < -0.39 is 109 Å². The minimum absolute atomic E-state index is 0.0799. The van der Waals surface area contributed by atoms with Crippen LogP contribution in [0.4, 0.5) is 0 Å². The van der Waals surface area contributed by atoms with Crippen molar-refractivity contribution in [2.75, 3.05) is 26.8 Å². The minimum Gasteiger partial charge on any atom is -0.467 e. The molecule has 0 saturated carbocycles. The molecule has 1 fully saturated rings. The quantitative estimate of drug-likeness (QED) is 0.0523. The summed E-state index contributed by atoms with van der Waals surface area (Å²) in [6.07, 6.45) is -0.149. The van der Waals surface area contributed by atoms with Gasteiger partial charge in [0.1, 0.15) is 30.2 Å². The van der Waals surface area contributed by atoms with E-state index in [2.05, 4.69) is 31.9 Å². The Balaban J connectivity index is 2.34. The number of carbonyl (C=O) groups is 8. The highest BCUT2D eigenvalue weighted by Crippen LogP contribution is 2.21. The van der Waals surface area contributed by atoms with Crippen LogP contribution in [0.3, 0.4) is 0 Å². The van der Waals surface area contributed by atoms with E-state index in [0.29, 0.717) is 25.8 Å². The second kappa shape index (κ2) is 25.6. The zero-order valence-corrected chi connectivity index (χ0v) is 36.7. The normalized spacial score (nSPS) is 18.0. The maximum atomic E-state index is 14.0. The molecule has 0 aliphatic carbocycles. The van der Waals surface area contributed by atoms with Crippen molar-refractivity contribution in [3.63, 3.8) is 0 Å². The minimum atomic E-state index is -1.53. The number of rotatable bonds is 25. The Labute approximate surface area is 358 Å². The molecule has 0 bridgehead atoms. The predicted molar refractivity (Wildman–Crippen MR) is 225 cm³/mol. The van der Waals surface area contributed by atoms with Gasteiger partial charge < -0.3 is 52.6 Å². The van der Waals surface area contributed by atoms with Crippen LogP contribution in [0.2, 0.25) is 0 Å². The molecule has 0 spiro atoms.